The van der Waals surface area contributed by atoms with E-state index in [1.54, 1.807) is 12.4 Å². The Bertz CT molecular complexity index is 620. The number of urea groups is 1. The van der Waals surface area contributed by atoms with Crippen LogP contribution in [-0.2, 0) is 6.54 Å². The minimum absolute atomic E-state index is 0.0418. The van der Waals surface area contributed by atoms with Crippen LogP contribution < -0.4 is 10.2 Å². The molecule has 1 saturated heterocycles. The lowest BCUT2D eigenvalue weighted by Gasteiger charge is -2.34. The third-order valence-electron chi connectivity index (χ3n) is 3.67. The molecule has 2 aromatic heterocycles. The van der Waals surface area contributed by atoms with Gasteiger partial charge >= 0.3 is 6.03 Å². The zero-order valence-electron chi connectivity index (χ0n) is 12.5. The highest BCUT2D eigenvalue weighted by atomic mass is 16.5. The van der Waals surface area contributed by atoms with E-state index in [4.69, 9.17) is 4.52 Å². The van der Waals surface area contributed by atoms with Crippen LogP contribution in [-0.4, -0.2) is 47.3 Å². The van der Waals surface area contributed by atoms with Gasteiger partial charge in [0, 0.05) is 51.2 Å². The van der Waals surface area contributed by atoms with Crippen LogP contribution in [0.4, 0.5) is 10.6 Å². The molecule has 116 valence electrons. The molecule has 0 unspecified atom stereocenters. The van der Waals surface area contributed by atoms with Crippen LogP contribution in [0.15, 0.2) is 35.1 Å². The fourth-order valence-electron chi connectivity index (χ4n) is 2.43. The molecule has 1 fully saturated rings. The second kappa shape index (κ2) is 6.46. The molecule has 3 heterocycles. The van der Waals surface area contributed by atoms with Crippen molar-refractivity contribution in [3.8, 4) is 0 Å². The summed E-state index contributed by atoms with van der Waals surface area (Å²) in [5.41, 5.74) is 0.993. The molecule has 7 heteroatoms. The topological polar surface area (TPSA) is 74.5 Å². The highest BCUT2D eigenvalue weighted by molar-refractivity contribution is 5.74. The summed E-state index contributed by atoms with van der Waals surface area (Å²) in [7, 11) is 0. The van der Waals surface area contributed by atoms with Crippen molar-refractivity contribution in [3.05, 3.63) is 41.9 Å². The maximum Gasteiger partial charge on any atom is 0.317 e. The molecule has 2 amide bonds. The first kappa shape index (κ1) is 14.4. The van der Waals surface area contributed by atoms with E-state index in [1.165, 1.54) is 0 Å². The van der Waals surface area contributed by atoms with Crippen molar-refractivity contribution < 1.29 is 9.32 Å². The second-order valence-electron chi connectivity index (χ2n) is 5.29. The maximum absolute atomic E-state index is 12.2. The van der Waals surface area contributed by atoms with E-state index >= 15 is 0 Å². The standard InChI is InChI=1S/C15H19N5O2/c1-12-9-14(18-22-12)19-5-7-20(8-6-19)15(21)17-11-13-3-2-4-16-10-13/h2-4,9-10H,5-8,11H2,1H3,(H,17,21). The molecule has 0 spiro atoms. The summed E-state index contributed by atoms with van der Waals surface area (Å²) < 4.78 is 5.09. The third-order valence-corrected chi connectivity index (χ3v) is 3.67. The summed E-state index contributed by atoms with van der Waals surface area (Å²) in [5, 5.41) is 6.93. The molecular weight excluding hydrogens is 282 g/mol. The Labute approximate surface area is 128 Å². The van der Waals surface area contributed by atoms with Crippen LogP contribution in [0.2, 0.25) is 0 Å². The molecule has 1 aliphatic rings. The van der Waals surface area contributed by atoms with Crippen LogP contribution in [0, 0.1) is 6.92 Å². The summed E-state index contributed by atoms with van der Waals surface area (Å²) in [6.07, 6.45) is 3.47. The Balaban J connectivity index is 1.47. The number of piperazine rings is 1. The Morgan fingerprint density at radius 3 is 2.82 bits per heavy atom. The first-order chi connectivity index (χ1) is 10.7. The van der Waals surface area contributed by atoms with Crippen molar-refractivity contribution in [1.82, 2.24) is 20.4 Å². The zero-order chi connectivity index (χ0) is 15.4. The SMILES string of the molecule is Cc1cc(N2CCN(C(=O)NCc3cccnc3)CC2)no1. The summed E-state index contributed by atoms with van der Waals surface area (Å²) in [4.78, 5) is 20.1. The number of nitrogens with zero attached hydrogens (tertiary/aromatic N) is 4. The highest BCUT2D eigenvalue weighted by Crippen LogP contribution is 2.15. The summed E-state index contributed by atoms with van der Waals surface area (Å²) in [5.74, 6) is 1.64. The Morgan fingerprint density at radius 1 is 1.36 bits per heavy atom. The molecule has 3 rings (SSSR count). The van der Waals surface area contributed by atoms with E-state index < -0.39 is 0 Å². The van der Waals surface area contributed by atoms with E-state index in [-0.39, 0.29) is 6.03 Å². The number of carbonyl (C=O) groups is 1. The predicted octanol–water partition coefficient (Wildman–Crippen LogP) is 1.41. The van der Waals surface area contributed by atoms with Crippen LogP contribution in [0.5, 0.6) is 0 Å². The van der Waals surface area contributed by atoms with Crippen LogP contribution in [0.3, 0.4) is 0 Å². The van der Waals surface area contributed by atoms with Gasteiger partial charge in [-0.05, 0) is 18.6 Å². The second-order valence-corrected chi connectivity index (χ2v) is 5.29. The fourth-order valence-corrected chi connectivity index (χ4v) is 2.43. The Morgan fingerprint density at radius 2 is 2.18 bits per heavy atom. The smallest absolute Gasteiger partial charge is 0.317 e. The number of aromatic nitrogens is 2. The lowest BCUT2D eigenvalue weighted by molar-refractivity contribution is 0.193. The molecule has 0 aliphatic carbocycles. The highest BCUT2D eigenvalue weighted by Gasteiger charge is 2.22. The van der Waals surface area contributed by atoms with Crippen molar-refractivity contribution in [1.29, 1.82) is 0 Å². The molecule has 7 nitrogen and oxygen atoms in total. The van der Waals surface area contributed by atoms with Gasteiger partial charge in [-0.15, -0.1) is 0 Å². The average molecular weight is 301 g/mol. The lowest BCUT2D eigenvalue weighted by Crippen LogP contribution is -2.51. The van der Waals surface area contributed by atoms with Gasteiger partial charge in [0.1, 0.15) is 5.76 Å². The molecule has 0 saturated carbocycles. The van der Waals surface area contributed by atoms with E-state index in [2.05, 4.69) is 20.4 Å². The number of rotatable bonds is 3. The van der Waals surface area contributed by atoms with Gasteiger partial charge in [0.05, 0.1) is 0 Å². The van der Waals surface area contributed by atoms with E-state index in [0.717, 1.165) is 30.2 Å². The minimum Gasteiger partial charge on any atom is -0.360 e. The molecule has 0 atom stereocenters. The van der Waals surface area contributed by atoms with E-state index in [0.29, 0.717) is 19.6 Å². The molecule has 0 bridgehead atoms. The Hall–Kier alpha value is -2.57. The number of nitrogens with one attached hydrogen (secondary N) is 1. The Kier molecular flexibility index (Phi) is 4.22. The molecule has 2 aromatic rings. The van der Waals surface area contributed by atoms with Crippen molar-refractivity contribution in [2.45, 2.75) is 13.5 Å². The molecule has 0 radical (unpaired) electrons. The van der Waals surface area contributed by atoms with Gasteiger partial charge in [0.2, 0.25) is 0 Å². The van der Waals surface area contributed by atoms with Gasteiger partial charge < -0.3 is 19.6 Å². The van der Waals surface area contributed by atoms with Gasteiger partial charge in [0.15, 0.2) is 5.82 Å². The zero-order valence-corrected chi connectivity index (χ0v) is 12.5. The third kappa shape index (κ3) is 3.36. The number of pyridine rings is 1. The lowest BCUT2D eigenvalue weighted by atomic mass is 10.3. The fraction of sp³-hybridized carbons (Fsp3) is 0.400. The van der Waals surface area contributed by atoms with E-state index in [1.807, 2.05) is 30.0 Å². The van der Waals surface area contributed by atoms with E-state index in [9.17, 15) is 4.79 Å². The number of hydrogen-bond acceptors (Lipinski definition) is 5. The van der Waals surface area contributed by atoms with Crippen molar-refractivity contribution in [3.63, 3.8) is 0 Å². The van der Waals surface area contributed by atoms with Gasteiger partial charge in [-0.2, -0.15) is 0 Å². The first-order valence-corrected chi connectivity index (χ1v) is 7.32. The monoisotopic (exact) mass is 301 g/mol. The molecule has 0 aromatic carbocycles. The molecular formula is C15H19N5O2. The molecule has 1 N–H and O–H groups in total. The summed E-state index contributed by atoms with van der Waals surface area (Å²) >= 11 is 0. The predicted molar refractivity (Wildman–Crippen MR) is 81.5 cm³/mol. The van der Waals surface area contributed by atoms with Crippen molar-refractivity contribution >= 4 is 11.8 Å². The van der Waals surface area contributed by atoms with Crippen LogP contribution >= 0.6 is 0 Å². The quantitative estimate of drug-likeness (QED) is 0.928. The number of carbonyl (C=O) groups excluding carboxylic acids is 1. The first-order valence-electron chi connectivity index (χ1n) is 7.32. The van der Waals surface area contributed by atoms with Crippen molar-refractivity contribution in [2.75, 3.05) is 31.1 Å². The molecule has 1 aliphatic heterocycles. The number of hydrogen-bond donors (Lipinski definition) is 1. The summed E-state index contributed by atoms with van der Waals surface area (Å²) in [6.45, 7) is 5.22. The summed E-state index contributed by atoms with van der Waals surface area (Å²) in [6, 6.07) is 5.68. The average Bonchev–Trinajstić information content (AvgIpc) is 3.00. The van der Waals surface area contributed by atoms with Gasteiger partial charge in [-0.3, -0.25) is 4.98 Å². The number of aryl methyl sites for hydroxylation is 1. The molecule has 22 heavy (non-hydrogen) atoms. The minimum atomic E-state index is -0.0418. The van der Waals surface area contributed by atoms with Gasteiger partial charge in [-0.25, -0.2) is 4.79 Å². The normalized spacial score (nSPS) is 15.0. The van der Waals surface area contributed by atoms with Gasteiger partial charge in [0.25, 0.3) is 0 Å². The van der Waals surface area contributed by atoms with Gasteiger partial charge in [-0.1, -0.05) is 11.2 Å². The van der Waals surface area contributed by atoms with Crippen LogP contribution in [0.1, 0.15) is 11.3 Å². The maximum atomic E-state index is 12.2. The number of amides is 2. The largest absolute Gasteiger partial charge is 0.360 e. The van der Waals surface area contributed by atoms with Crippen LogP contribution in [0.25, 0.3) is 0 Å². The van der Waals surface area contributed by atoms with Crippen molar-refractivity contribution in [2.24, 2.45) is 0 Å². The number of anilines is 1.